The summed E-state index contributed by atoms with van der Waals surface area (Å²) in [6, 6.07) is 5.44. The Kier molecular flexibility index (Phi) is 5.20. The molecule has 0 amide bonds. The van der Waals surface area contributed by atoms with Crippen LogP contribution in [0.5, 0.6) is 5.75 Å². The third-order valence-electron chi connectivity index (χ3n) is 1.71. The second-order valence-electron chi connectivity index (χ2n) is 2.92. The summed E-state index contributed by atoms with van der Waals surface area (Å²) in [6.07, 6.45) is 2.56. The zero-order valence-corrected chi connectivity index (χ0v) is 8.77. The molecule has 0 aliphatic heterocycles. The van der Waals surface area contributed by atoms with Gasteiger partial charge in [-0.3, -0.25) is 0 Å². The molecule has 0 aliphatic rings. The highest BCUT2D eigenvalue weighted by Crippen LogP contribution is 2.13. The van der Waals surface area contributed by atoms with Gasteiger partial charge in [0, 0.05) is 12.8 Å². The van der Waals surface area contributed by atoms with E-state index in [2.05, 4.69) is 11.9 Å². The number of nitriles is 1. The lowest BCUT2D eigenvalue weighted by atomic mass is 10.3. The van der Waals surface area contributed by atoms with Gasteiger partial charge in [0.05, 0.1) is 6.61 Å². The van der Waals surface area contributed by atoms with E-state index in [1.807, 2.05) is 6.07 Å². The predicted molar refractivity (Wildman–Crippen MR) is 55.6 cm³/mol. The maximum atomic E-state index is 8.74. The van der Waals surface area contributed by atoms with Crippen molar-refractivity contribution in [2.75, 3.05) is 19.8 Å². The molecule has 0 radical (unpaired) electrons. The van der Waals surface area contributed by atoms with Crippen LogP contribution in [0.15, 0.2) is 18.3 Å². The number of ether oxygens (including phenoxy) is 2. The standard InChI is InChI=1S/C11H14N2O2/c1-2-6-14-7-8-15-11-4-3-5-13-10(11)9-12/h3-5H,2,6-8H2,1H3. The Morgan fingerprint density at radius 1 is 1.40 bits per heavy atom. The van der Waals surface area contributed by atoms with Gasteiger partial charge >= 0.3 is 0 Å². The van der Waals surface area contributed by atoms with E-state index in [9.17, 15) is 0 Å². The molecule has 0 unspecified atom stereocenters. The lowest BCUT2D eigenvalue weighted by Crippen LogP contribution is -2.08. The van der Waals surface area contributed by atoms with Crippen molar-refractivity contribution >= 4 is 0 Å². The molecular formula is C11H14N2O2. The van der Waals surface area contributed by atoms with Gasteiger partial charge in [-0.2, -0.15) is 5.26 Å². The molecule has 0 bridgehead atoms. The van der Waals surface area contributed by atoms with E-state index in [1.165, 1.54) is 0 Å². The van der Waals surface area contributed by atoms with E-state index >= 15 is 0 Å². The van der Waals surface area contributed by atoms with Crippen LogP contribution in [0.1, 0.15) is 19.0 Å². The minimum Gasteiger partial charge on any atom is -0.488 e. The molecule has 4 heteroatoms. The number of hydrogen-bond donors (Lipinski definition) is 0. The molecule has 0 aromatic carbocycles. The summed E-state index contributed by atoms with van der Waals surface area (Å²) in [5, 5.41) is 8.74. The molecule has 0 saturated carbocycles. The maximum absolute atomic E-state index is 8.74. The molecule has 1 aromatic rings. The third kappa shape index (κ3) is 3.96. The number of pyridine rings is 1. The van der Waals surface area contributed by atoms with E-state index in [0.29, 0.717) is 24.7 Å². The highest BCUT2D eigenvalue weighted by atomic mass is 16.5. The molecule has 0 fully saturated rings. The average molecular weight is 206 g/mol. The second kappa shape index (κ2) is 6.80. The SMILES string of the molecule is CCCOCCOc1cccnc1C#N. The van der Waals surface area contributed by atoms with Crippen molar-refractivity contribution in [3.63, 3.8) is 0 Å². The number of aromatic nitrogens is 1. The van der Waals surface area contributed by atoms with Gasteiger partial charge < -0.3 is 9.47 Å². The molecule has 1 rings (SSSR count). The topological polar surface area (TPSA) is 55.1 Å². The fourth-order valence-electron chi connectivity index (χ4n) is 1.05. The Morgan fingerprint density at radius 2 is 2.27 bits per heavy atom. The first-order valence-corrected chi connectivity index (χ1v) is 4.94. The molecule has 1 heterocycles. The number of nitrogens with zero attached hydrogens (tertiary/aromatic N) is 2. The Hall–Kier alpha value is -1.60. The van der Waals surface area contributed by atoms with E-state index in [1.54, 1.807) is 18.3 Å². The molecule has 0 spiro atoms. The number of hydrogen-bond acceptors (Lipinski definition) is 4. The lowest BCUT2D eigenvalue weighted by molar-refractivity contribution is 0.100. The molecule has 0 N–H and O–H groups in total. The Balaban J connectivity index is 2.34. The van der Waals surface area contributed by atoms with Crippen LogP contribution in [0.2, 0.25) is 0 Å². The van der Waals surface area contributed by atoms with Gasteiger partial charge in [-0.05, 0) is 18.6 Å². The van der Waals surface area contributed by atoms with Gasteiger partial charge in [0.2, 0.25) is 0 Å². The second-order valence-corrected chi connectivity index (χ2v) is 2.92. The highest BCUT2D eigenvalue weighted by molar-refractivity contribution is 5.36. The minimum absolute atomic E-state index is 0.313. The zero-order valence-electron chi connectivity index (χ0n) is 8.77. The Bertz CT molecular complexity index is 334. The molecule has 0 aliphatic carbocycles. The van der Waals surface area contributed by atoms with Crippen molar-refractivity contribution < 1.29 is 9.47 Å². The number of rotatable bonds is 6. The van der Waals surface area contributed by atoms with Crippen LogP contribution in [-0.2, 0) is 4.74 Å². The zero-order chi connectivity index (χ0) is 10.9. The predicted octanol–water partition coefficient (Wildman–Crippen LogP) is 1.76. The van der Waals surface area contributed by atoms with Crippen molar-refractivity contribution in [3.8, 4) is 11.8 Å². The molecular weight excluding hydrogens is 192 g/mol. The van der Waals surface area contributed by atoms with Crippen molar-refractivity contribution in [1.82, 2.24) is 4.98 Å². The van der Waals surface area contributed by atoms with Crippen LogP contribution >= 0.6 is 0 Å². The summed E-state index contributed by atoms with van der Waals surface area (Å²) in [7, 11) is 0. The normalized spacial score (nSPS) is 9.60. The van der Waals surface area contributed by atoms with E-state index in [0.717, 1.165) is 13.0 Å². The first-order valence-electron chi connectivity index (χ1n) is 4.94. The summed E-state index contributed by atoms with van der Waals surface area (Å²) in [5.41, 5.74) is 0.313. The fraction of sp³-hybridized carbons (Fsp3) is 0.455. The van der Waals surface area contributed by atoms with Crippen LogP contribution in [0.25, 0.3) is 0 Å². The molecule has 0 saturated heterocycles. The van der Waals surface area contributed by atoms with Crippen molar-refractivity contribution in [3.05, 3.63) is 24.0 Å². The third-order valence-corrected chi connectivity index (χ3v) is 1.71. The summed E-state index contributed by atoms with van der Waals surface area (Å²) in [4.78, 5) is 3.89. The van der Waals surface area contributed by atoms with Gasteiger partial charge in [-0.15, -0.1) is 0 Å². The van der Waals surface area contributed by atoms with E-state index < -0.39 is 0 Å². The van der Waals surface area contributed by atoms with Crippen LogP contribution in [-0.4, -0.2) is 24.8 Å². The van der Waals surface area contributed by atoms with Gasteiger partial charge in [0.15, 0.2) is 11.4 Å². The van der Waals surface area contributed by atoms with Crippen LogP contribution in [0, 0.1) is 11.3 Å². The summed E-state index contributed by atoms with van der Waals surface area (Å²) in [6.45, 7) is 3.77. The van der Waals surface area contributed by atoms with Crippen LogP contribution in [0.4, 0.5) is 0 Å². The fourth-order valence-corrected chi connectivity index (χ4v) is 1.05. The minimum atomic E-state index is 0.313. The van der Waals surface area contributed by atoms with E-state index in [4.69, 9.17) is 14.7 Å². The average Bonchev–Trinajstić information content (AvgIpc) is 2.29. The lowest BCUT2D eigenvalue weighted by Gasteiger charge is -2.06. The van der Waals surface area contributed by atoms with Gasteiger partial charge in [-0.25, -0.2) is 4.98 Å². The van der Waals surface area contributed by atoms with Crippen molar-refractivity contribution in [2.45, 2.75) is 13.3 Å². The quantitative estimate of drug-likeness (QED) is 0.665. The van der Waals surface area contributed by atoms with Crippen molar-refractivity contribution in [1.29, 1.82) is 5.26 Å². The molecule has 15 heavy (non-hydrogen) atoms. The largest absolute Gasteiger partial charge is 0.488 e. The van der Waals surface area contributed by atoms with Gasteiger partial charge in [0.25, 0.3) is 0 Å². The molecule has 0 atom stereocenters. The molecule has 1 aromatic heterocycles. The first kappa shape index (κ1) is 11.5. The smallest absolute Gasteiger partial charge is 0.182 e. The molecule has 4 nitrogen and oxygen atoms in total. The monoisotopic (exact) mass is 206 g/mol. The summed E-state index contributed by atoms with van der Waals surface area (Å²) in [5.74, 6) is 0.514. The van der Waals surface area contributed by atoms with Gasteiger partial charge in [-0.1, -0.05) is 6.92 Å². The van der Waals surface area contributed by atoms with Crippen LogP contribution in [0.3, 0.4) is 0 Å². The van der Waals surface area contributed by atoms with Crippen LogP contribution < -0.4 is 4.74 Å². The Labute approximate surface area is 89.5 Å². The van der Waals surface area contributed by atoms with E-state index in [-0.39, 0.29) is 0 Å². The maximum Gasteiger partial charge on any atom is 0.182 e. The Morgan fingerprint density at radius 3 is 3.00 bits per heavy atom. The summed E-state index contributed by atoms with van der Waals surface area (Å²) < 4.78 is 10.6. The van der Waals surface area contributed by atoms with Gasteiger partial charge in [0.1, 0.15) is 12.7 Å². The molecule has 80 valence electrons. The summed E-state index contributed by atoms with van der Waals surface area (Å²) >= 11 is 0. The van der Waals surface area contributed by atoms with Crippen molar-refractivity contribution in [2.24, 2.45) is 0 Å². The highest BCUT2D eigenvalue weighted by Gasteiger charge is 2.02. The first-order chi connectivity index (χ1) is 7.38.